The maximum atomic E-state index is 12.9. The van der Waals surface area contributed by atoms with Crippen LogP contribution in [0.3, 0.4) is 0 Å². The van der Waals surface area contributed by atoms with E-state index in [-0.39, 0.29) is 0 Å². The van der Waals surface area contributed by atoms with E-state index >= 15 is 0 Å². The Morgan fingerprint density at radius 1 is 1.00 bits per heavy atom. The monoisotopic (exact) mass is 212 g/mol. The van der Waals surface area contributed by atoms with Gasteiger partial charge in [-0.3, -0.25) is 0 Å². The Kier molecular flexibility index (Phi) is 3.16. The SMILES string of the molecule is Fc1ccc(NN2CCCCC2)cc1F. The first-order valence-electron chi connectivity index (χ1n) is 5.22. The molecule has 2 rings (SSSR count). The first-order valence-corrected chi connectivity index (χ1v) is 5.22. The predicted octanol–water partition coefficient (Wildman–Crippen LogP) is 2.78. The van der Waals surface area contributed by atoms with Gasteiger partial charge in [0.2, 0.25) is 0 Å². The molecular formula is C11H14F2N2. The Bertz CT molecular complexity index is 335. The molecule has 1 aliphatic heterocycles. The van der Waals surface area contributed by atoms with Crippen molar-refractivity contribution < 1.29 is 8.78 Å². The second-order valence-electron chi connectivity index (χ2n) is 3.79. The molecule has 15 heavy (non-hydrogen) atoms. The highest BCUT2D eigenvalue weighted by atomic mass is 19.2. The van der Waals surface area contributed by atoms with Crippen molar-refractivity contribution in [2.24, 2.45) is 0 Å². The summed E-state index contributed by atoms with van der Waals surface area (Å²) in [5.74, 6) is -1.61. The average molecular weight is 212 g/mol. The van der Waals surface area contributed by atoms with E-state index in [0.29, 0.717) is 5.69 Å². The molecule has 1 heterocycles. The molecule has 1 aromatic carbocycles. The fraction of sp³-hybridized carbons (Fsp3) is 0.455. The molecule has 82 valence electrons. The van der Waals surface area contributed by atoms with E-state index in [1.165, 1.54) is 12.5 Å². The Morgan fingerprint density at radius 3 is 2.40 bits per heavy atom. The molecule has 0 radical (unpaired) electrons. The van der Waals surface area contributed by atoms with Gasteiger partial charge in [0.05, 0.1) is 5.69 Å². The highest BCUT2D eigenvalue weighted by molar-refractivity contribution is 5.42. The van der Waals surface area contributed by atoms with Gasteiger partial charge in [-0.05, 0) is 25.0 Å². The molecule has 1 N–H and O–H groups in total. The van der Waals surface area contributed by atoms with Crippen LogP contribution in [0, 0.1) is 11.6 Å². The zero-order valence-corrected chi connectivity index (χ0v) is 8.47. The minimum absolute atomic E-state index is 0.607. The number of anilines is 1. The zero-order valence-electron chi connectivity index (χ0n) is 8.47. The minimum Gasteiger partial charge on any atom is -0.319 e. The Balaban J connectivity index is 2.00. The molecule has 0 aliphatic carbocycles. The van der Waals surface area contributed by atoms with E-state index in [1.807, 2.05) is 5.01 Å². The van der Waals surface area contributed by atoms with Gasteiger partial charge in [-0.25, -0.2) is 13.8 Å². The normalized spacial score (nSPS) is 17.7. The Labute approximate surface area is 87.9 Å². The van der Waals surface area contributed by atoms with Gasteiger partial charge < -0.3 is 5.43 Å². The van der Waals surface area contributed by atoms with Gasteiger partial charge in [0.15, 0.2) is 11.6 Å². The van der Waals surface area contributed by atoms with E-state index in [9.17, 15) is 8.78 Å². The number of benzene rings is 1. The molecule has 2 nitrogen and oxygen atoms in total. The molecule has 4 heteroatoms. The molecule has 1 fully saturated rings. The van der Waals surface area contributed by atoms with E-state index in [0.717, 1.165) is 32.0 Å². The van der Waals surface area contributed by atoms with Gasteiger partial charge in [-0.1, -0.05) is 6.42 Å². The number of hydrogen-bond acceptors (Lipinski definition) is 2. The van der Waals surface area contributed by atoms with Gasteiger partial charge in [0.1, 0.15) is 0 Å². The summed E-state index contributed by atoms with van der Waals surface area (Å²) in [4.78, 5) is 0. The van der Waals surface area contributed by atoms with Crippen molar-refractivity contribution >= 4 is 5.69 Å². The van der Waals surface area contributed by atoms with Crippen molar-refractivity contribution in [1.82, 2.24) is 5.01 Å². The van der Waals surface area contributed by atoms with Crippen LogP contribution in [0.2, 0.25) is 0 Å². The molecule has 0 unspecified atom stereocenters. The number of piperidine rings is 1. The smallest absolute Gasteiger partial charge is 0.160 e. The zero-order chi connectivity index (χ0) is 10.7. The highest BCUT2D eigenvalue weighted by Crippen LogP contribution is 2.16. The minimum atomic E-state index is -0.808. The van der Waals surface area contributed by atoms with Crippen LogP contribution in [0.1, 0.15) is 19.3 Å². The van der Waals surface area contributed by atoms with E-state index in [1.54, 1.807) is 6.07 Å². The molecule has 1 aromatic rings. The predicted molar refractivity (Wildman–Crippen MR) is 55.4 cm³/mol. The van der Waals surface area contributed by atoms with Crippen molar-refractivity contribution in [3.05, 3.63) is 29.8 Å². The van der Waals surface area contributed by atoms with Gasteiger partial charge in [0.25, 0.3) is 0 Å². The molecule has 0 atom stereocenters. The van der Waals surface area contributed by atoms with E-state index in [4.69, 9.17) is 0 Å². The van der Waals surface area contributed by atoms with Gasteiger partial charge >= 0.3 is 0 Å². The van der Waals surface area contributed by atoms with Crippen LogP contribution in [0.5, 0.6) is 0 Å². The second kappa shape index (κ2) is 4.57. The summed E-state index contributed by atoms with van der Waals surface area (Å²) in [5, 5.41) is 2.04. The van der Waals surface area contributed by atoms with Crippen molar-refractivity contribution in [3.63, 3.8) is 0 Å². The number of hydrazine groups is 1. The molecule has 0 amide bonds. The van der Waals surface area contributed by atoms with Crippen LogP contribution < -0.4 is 5.43 Å². The highest BCUT2D eigenvalue weighted by Gasteiger charge is 2.10. The summed E-state index contributed by atoms with van der Waals surface area (Å²) in [6.45, 7) is 1.91. The van der Waals surface area contributed by atoms with Crippen LogP contribution in [0.15, 0.2) is 18.2 Å². The summed E-state index contributed by atoms with van der Waals surface area (Å²) in [6.07, 6.45) is 3.54. The maximum absolute atomic E-state index is 12.9. The largest absolute Gasteiger partial charge is 0.319 e. The molecular weight excluding hydrogens is 198 g/mol. The number of nitrogens with zero attached hydrogens (tertiary/aromatic N) is 1. The first-order chi connectivity index (χ1) is 7.25. The van der Waals surface area contributed by atoms with Crippen LogP contribution >= 0.6 is 0 Å². The third kappa shape index (κ3) is 2.65. The summed E-state index contributed by atoms with van der Waals surface area (Å²) < 4.78 is 25.6. The lowest BCUT2D eigenvalue weighted by Gasteiger charge is -2.27. The molecule has 0 spiro atoms. The Hall–Kier alpha value is -1.16. The average Bonchev–Trinajstić information content (AvgIpc) is 2.25. The first kappa shape index (κ1) is 10.4. The molecule has 0 bridgehead atoms. The van der Waals surface area contributed by atoms with Crippen LogP contribution in [-0.2, 0) is 0 Å². The van der Waals surface area contributed by atoms with E-state index in [2.05, 4.69) is 5.43 Å². The Morgan fingerprint density at radius 2 is 1.73 bits per heavy atom. The molecule has 1 aliphatic rings. The summed E-state index contributed by atoms with van der Waals surface area (Å²) in [6, 6.07) is 3.87. The van der Waals surface area contributed by atoms with Crippen LogP contribution in [0.25, 0.3) is 0 Å². The maximum Gasteiger partial charge on any atom is 0.160 e. The lowest BCUT2D eigenvalue weighted by Crippen LogP contribution is -2.34. The third-order valence-corrected chi connectivity index (χ3v) is 2.56. The number of rotatable bonds is 2. The summed E-state index contributed by atoms with van der Waals surface area (Å²) >= 11 is 0. The standard InChI is InChI=1S/C11H14F2N2/c12-10-5-4-9(8-11(10)13)14-15-6-2-1-3-7-15/h4-5,8,14H,1-3,6-7H2. The summed E-state index contributed by atoms with van der Waals surface area (Å²) in [5.41, 5.74) is 3.68. The van der Waals surface area contributed by atoms with Gasteiger partial charge in [-0.15, -0.1) is 0 Å². The quantitative estimate of drug-likeness (QED) is 0.810. The molecule has 0 saturated carbocycles. The van der Waals surface area contributed by atoms with Crippen molar-refractivity contribution in [3.8, 4) is 0 Å². The fourth-order valence-corrected chi connectivity index (χ4v) is 1.75. The lowest BCUT2D eigenvalue weighted by atomic mass is 10.2. The van der Waals surface area contributed by atoms with Crippen LogP contribution in [-0.4, -0.2) is 18.1 Å². The number of hydrogen-bond donors (Lipinski definition) is 1. The molecule has 0 aromatic heterocycles. The number of nitrogens with one attached hydrogen (secondary N) is 1. The second-order valence-corrected chi connectivity index (χ2v) is 3.79. The van der Waals surface area contributed by atoms with Gasteiger partial charge in [-0.2, -0.15) is 0 Å². The lowest BCUT2D eigenvalue weighted by molar-refractivity contribution is 0.273. The third-order valence-electron chi connectivity index (χ3n) is 2.56. The van der Waals surface area contributed by atoms with Crippen molar-refractivity contribution in [2.75, 3.05) is 18.5 Å². The number of halogens is 2. The van der Waals surface area contributed by atoms with Crippen molar-refractivity contribution in [1.29, 1.82) is 0 Å². The van der Waals surface area contributed by atoms with Gasteiger partial charge in [0, 0.05) is 19.2 Å². The topological polar surface area (TPSA) is 15.3 Å². The van der Waals surface area contributed by atoms with Crippen LogP contribution in [0.4, 0.5) is 14.5 Å². The fourth-order valence-electron chi connectivity index (χ4n) is 1.75. The summed E-state index contributed by atoms with van der Waals surface area (Å²) in [7, 11) is 0. The van der Waals surface area contributed by atoms with E-state index < -0.39 is 11.6 Å². The van der Waals surface area contributed by atoms with Crippen molar-refractivity contribution in [2.45, 2.75) is 19.3 Å². The molecule has 1 saturated heterocycles.